The normalized spacial score (nSPS) is 10.6. The molecule has 1 N–H and O–H groups in total. The van der Waals surface area contributed by atoms with Crippen LogP contribution >= 0.6 is 0 Å². The third-order valence-electron chi connectivity index (χ3n) is 2.42. The molecule has 0 atom stereocenters. The minimum atomic E-state index is -0.377. The van der Waals surface area contributed by atoms with Crippen molar-refractivity contribution in [2.75, 3.05) is 12.4 Å². The van der Waals surface area contributed by atoms with Crippen molar-refractivity contribution in [3.8, 4) is 0 Å². The second kappa shape index (κ2) is 5.16. The molecule has 0 bridgehead atoms. The van der Waals surface area contributed by atoms with Crippen LogP contribution in [-0.4, -0.2) is 13.1 Å². The van der Waals surface area contributed by atoms with Crippen LogP contribution in [0.15, 0.2) is 54.7 Å². The highest BCUT2D eigenvalue weighted by Crippen LogP contribution is 2.18. The van der Waals surface area contributed by atoms with Gasteiger partial charge in [0.1, 0.15) is 0 Å². The Balaban J connectivity index is 2.14. The molecule has 86 valence electrons. The van der Waals surface area contributed by atoms with E-state index in [-0.39, 0.29) is 5.97 Å². The lowest BCUT2D eigenvalue weighted by Crippen LogP contribution is -1.96. The Labute approximate surface area is 99.7 Å². The molecule has 3 heteroatoms. The van der Waals surface area contributed by atoms with Crippen molar-refractivity contribution in [1.29, 1.82) is 0 Å². The molecule has 0 radical (unpaired) electrons. The molecule has 17 heavy (non-hydrogen) atoms. The number of anilines is 1. The van der Waals surface area contributed by atoms with E-state index in [1.54, 1.807) is 6.20 Å². The van der Waals surface area contributed by atoms with E-state index < -0.39 is 0 Å². The Kier molecular flexibility index (Phi) is 3.40. The van der Waals surface area contributed by atoms with Crippen LogP contribution in [0.4, 0.5) is 5.69 Å². The molecule has 0 spiro atoms. The number of esters is 1. The highest BCUT2D eigenvalue weighted by Gasteiger charge is 1.94. The summed E-state index contributed by atoms with van der Waals surface area (Å²) >= 11 is 0. The zero-order valence-electron chi connectivity index (χ0n) is 9.51. The van der Waals surface area contributed by atoms with Gasteiger partial charge in [-0.3, -0.25) is 0 Å². The van der Waals surface area contributed by atoms with Gasteiger partial charge in [0, 0.05) is 18.0 Å². The third-order valence-corrected chi connectivity index (χ3v) is 2.42. The maximum atomic E-state index is 10.9. The number of rotatable bonds is 3. The molecule has 0 amide bonds. The number of fused-ring (bicyclic) bond motifs is 1. The van der Waals surface area contributed by atoms with E-state index in [1.807, 2.05) is 36.4 Å². The van der Waals surface area contributed by atoms with Gasteiger partial charge < -0.3 is 10.1 Å². The molecule has 0 aliphatic carbocycles. The maximum absolute atomic E-state index is 10.9. The van der Waals surface area contributed by atoms with E-state index in [9.17, 15) is 4.79 Å². The Morgan fingerprint density at radius 3 is 2.71 bits per heavy atom. The fourth-order valence-electron chi connectivity index (χ4n) is 1.55. The summed E-state index contributed by atoms with van der Waals surface area (Å²) in [4.78, 5) is 10.9. The molecule has 0 unspecified atom stereocenters. The molecule has 0 aliphatic heterocycles. The third kappa shape index (κ3) is 2.84. The highest BCUT2D eigenvalue weighted by molar-refractivity contribution is 5.86. The van der Waals surface area contributed by atoms with Gasteiger partial charge in [-0.15, -0.1) is 0 Å². The number of hydrogen-bond donors (Lipinski definition) is 1. The first kappa shape index (κ1) is 11.2. The fraction of sp³-hybridized carbons (Fsp3) is 0.0714. The second-order valence-electron chi connectivity index (χ2n) is 3.56. The Morgan fingerprint density at radius 2 is 1.94 bits per heavy atom. The summed E-state index contributed by atoms with van der Waals surface area (Å²) in [6.45, 7) is 0. The summed E-state index contributed by atoms with van der Waals surface area (Å²) in [5.74, 6) is -0.377. The summed E-state index contributed by atoms with van der Waals surface area (Å²) in [5, 5.41) is 5.37. The molecule has 0 aromatic heterocycles. The molecule has 2 aromatic rings. The van der Waals surface area contributed by atoms with Crippen LogP contribution in [0.3, 0.4) is 0 Å². The number of nitrogens with one attached hydrogen (secondary N) is 1. The van der Waals surface area contributed by atoms with Crippen molar-refractivity contribution in [3.05, 3.63) is 54.7 Å². The van der Waals surface area contributed by atoms with Crippen molar-refractivity contribution in [2.45, 2.75) is 0 Å². The molecule has 0 heterocycles. The van der Waals surface area contributed by atoms with Crippen LogP contribution in [0.25, 0.3) is 10.8 Å². The van der Waals surface area contributed by atoms with E-state index in [1.165, 1.54) is 18.6 Å². The van der Waals surface area contributed by atoms with Crippen molar-refractivity contribution in [2.24, 2.45) is 0 Å². The monoisotopic (exact) mass is 227 g/mol. The number of methoxy groups -OCH3 is 1. The zero-order valence-corrected chi connectivity index (χ0v) is 9.51. The Morgan fingerprint density at radius 1 is 1.18 bits per heavy atom. The lowest BCUT2D eigenvalue weighted by atomic mass is 10.1. The van der Waals surface area contributed by atoms with E-state index in [0.29, 0.717) is 0 Å². The van der Waals surface area contributed by atoms with Gasteiger partial charge >= 0.3 is 5.97 Å². The summed E-state index contributed by atoms with van der Waals surface area (Å²) in [7, 11) is 1.35. The predicted molar refractivity (Wildman–Crippen MR) is 68.7 cm³/mol. The predicted octanol–water partition coefficient (Wildman–Crippen LogP) is 2.94. The van der Waals surface area contributed by atoms with Gasteiger partial charge in [-0.05, 0) is 22.9 Å². The minimum Gasteiger partial charge on any atom is -0.466 e. The van der Waals surface area contributed by atoms with Gasteiger partial charge in [0.05, 0.1) is 7.11 Å². The van der Waals surface area contributed by atoms with Crippen LogP contribution < -0.4 is 5.32 Å². The Bertz CT molecular complexity index is 561. The largest absolute Gasteiger partial charge is 0.466 e. The highest BCUT2D eigenvalue weighted by atomic mass is 16.5. The number of carbonyl (C=O) groups is 1. The summed E-state index contributed by atoms with van der Waals surface area (Å²) in [5.41, 5.74) is 0.934. The number of hydrogen-bond acceptors (Lipinski definition) is 3. The molecule has 3 nitrogen and oxygen atoms in total. The summed E-state index contributed by atoms with van der Waals surface area (Å²) < 4.78 is 4.49. The molecule has 0 aliphatic rings. The first-order valence-corrected chi connectivity index (χ1v) is 5.29. The summed E-state index contributed by atoms with van der Waals surface area (Å²) in [6, 6.07) is 14.1. The van der Waals surface area contributed by atoms with Gasteiger partial charge in [-0.2, -0.15) is 0 Å². The molecular formula is C14H13NO2. The SMILES string of the molecule is COC(=O)/C=C/Nc1ccc2ccccc2c1. The van der Waals surface area contributed by atoms with Gasteiger partial charge in [-0.25, -0.2) is 4.79 Å². The lowest BCUT2D eigenvalue weighted by Gasteiger charge is -2.02. The van der Waals surface area contributed by atoms with Crippen LogP contribution in [0, 0.1) is 0 Å². The van der Waals surface area contributed by atoms with Gasteiger partial charge in [-0.1, -0.05) is 30.3 Å². The van der Waals surface area contributed by atoms with Crippen LogP contribution in [0.1, 0.15) is 0 Å². The van der Waals surface area contributed by atoms with Gasteiger partial charge in [0.15, 0.2) is 0 Å². The maximum Gasteiger partial charge on any atom is 0.331 e. The van der Waals surface area contributed by atoms with Crippen LogP contribution in [0.5, 0.6) is 0 Å². The van der Waals surface area contributed by atoms with E-state index >= 15 is 0 Å². The smallest absolute Gasteiger partial charge is 0.331 e. The van der Waals surface area contributed by atoms with Crippen molar-refractivity contribution in [1.82, 2.24) is 0 Å². The molecule has 2 aromatic carbocycles. The standard InChI is InChI=1S/C14H13NO2/c1-17-14(16)8-9-15-13-7-6-11-4-2-3-5-12(11)10-13/h2-10,15H,1H3/b9-8+. The quantitative estimate of drug-likeness (QED) is 0.647. The first-order valence-electron chi connectivity index (χ1n) is 5.29. The van der Waals surface area contributed by atoms with Crippen LogP contribution in [0.2, 0.25) is 0 Å². The van der Waals surface area contributed by atoms with E-state index in [2.05, 4.69) is 16.1 Å². The van der Waals surface area contributed by atoms with Crippen molar-refractivity contribution < 1.29 is 9.53 Å². The number of carbonyl (C=O) groups excluding carboxylic acids is 1. The molecule has 0 saturated heterocycles. The lowest BCUT2D eigenvalue weighted by molar-refractivity contribution is -0.134. The molecule has 0 fully saturated rings. The molecular weight excluding hydrogens is 214 g/mol. The van der Waals surface area contributed by atoms with Gasteiger partial charge in [0.25, 0.3) is 0 Å². The van der Waals surface area contributed by atoms with Crippen LogP contribution in [-0.2, 0) is 9.53 Å². The molecule has 2 rings (SSSR count). The number of benzene rings is 2. The second-order valence-corrected chi connectivity index (χ2v) is 3.56. The Hall–Kier alpha value is -2.29. The number of ether oxygens (including phenoxy) is 1. The first-order chi connectivity index (χ1) is 8.29. The fourth-order valence-corrected chi connectivity index (χ4v) is 1.55. The van der Waals surface area contributed by atoms with E-state index in [0.717, 1.165) is 11.1 Å². The van der Waals surface area contributed by atoms with Crippen molar-refractivity contribution in [3.63, 3.8) is 0 Å². The molecule has 0 saturated carbocycles. The minimum absolute atomic E-state index is 0.377. The van der Waals surface area contributed by atoms with Gasteiger partial charge in [0.2, 0.25) is 0 Å². The zero-order chi connectivity index (χ0) is 12.1. The van der Waals surface area contributed by atoms with Crippen molar-refractivity contribution >= 4 is 22.4 Å². The average molecular weight is 227 g/mol. The average Bonchev–Trinajstić information content (AvgIpc) is 2.38. The topological polar surface area (TPSA) is 38.3 Å². The van der Waals surface area contributed by atoms with E-state index in [4.69, 9.17) is 0 Å². The summed E-state index contributed by atoms with van der Waals surface area (Å²) in [6.07, 6.45) is 2.91.